The van der Waals surface area contributed by atoms with Crippen molar-refractivity contribution in [1.29, 1.82) is 0 Å². The molecule has 1 fully saturated rings. The highest BCUT2D eigenvalue weighted by Crippen LogP contribution is 2.29. The zero-order valence-electron chi connectivity index (χ0n) is 9.76. The van der Waals surface area contributed by atoms with Crippen molar-refractivity contribution in [2.75, 3.05) is 13.6 Å². The Balaban J connectivity index is 2.08. The molecule has 0 N–H and O–H groups in total. The van der Waals surface area contributed by atoms with E-state index in [0.717, 1.165) is 19.4 Å². The number of hydrogen-bond donors (Lipinski definition) is 0. The molecule has 2 unspecified atom stereocenters. The maximum absolute atomic E-state index is 11.8. The van der Waals surface area contributed by atoms with Gasteiger partial charge >= 0.3 is 0 Å². The highest BCUT2D eigenvalue weighted by Gasteiger charge is 2.36. The van der Waals surface area contributed by atoms with Gasteiger partial charge in [0.2, 0.25) is 5.91 Å². The van der Waals surface area contributed by atoms with Crippen LogP contribution in [-0.4, -0.2) is 34.6 Å². The summed E-state index contributed by atoms with van der Waals surface area (Å²) in [7, 11) is 1.88. The SMILES string of the molecule is CCC1C(=O)N(C)CC1Cc1ccnnc1. The fraction of sp³-hybridized carbons (Fsp3) is 0.583. The summed E-state index contributed by atoms with van der Waals surface area (Å²) in [6, 6.07) is 1.97. The lowest BCUT2D eigenvalue weighted by Crippen LogP contribution is -2.22. The Morgan fingerprint density at radius 1 is 1.50 bits per heavy atom. The lowest BCUT2D eigenvalue weighted by Gasteiger charge is -2.14. The van der Waals surface area contributed by atoms with Gasteiger partial charge in [0.05, 0.1) is 6.20 Å². The molecular formula is C12H17N3O. The van der Waals surface area contributed by atoms with E-state index in [2.05, 4.69) is 17.1 Å². The van der Waals surface area contributed by atoms with Gasteiger partial charge in [-0.1, -0.05) is 6.92 Å². The summed E-state index contributed by atoms with van der Waals surface area (Å²) < 4.78 is 0. The van der Waals surface area contributed by atoms with Gasteiger partial charge < -0.3 is 4.90 Å². The first-order valence-electron chi connectivity index (χ1n) is 5.73. The predicted molar refractivity (Wildman–Crippen MR) is 60.6 cm³/mol. The van der Waals surface area contributed by atoms with Gasteiger partial charge in [-0.2, -0.15) is 10.2 Å². The topological polar surface area (TPSA) is 46.1 Å². The minimum Gasteiger partial charge on any atom is -0.345 e. The average Bonchev–Trinajstić information content (AvgIpc) is 2.56. The molecule has 1 saturated heterocycles. The molecule has 86 valence electrons. The molecule has 2 atom stereocenters. The van der Waals surface area contributed by atoms with Crippen LogP contribution in [0.1, 0.15) is 18.9 Å². The molecule has 0 spiro atoms. The van der Waals surface area contributed by atoms with Crippen molar-refractivity contribution >= 4 is 5.91 Å². The van der Waals surface area contributed by atoms with Crippen molar-refractivity contribution in [3.63, 3.8) is 0 Å². The summed E-state index contributed by atoms with van der Waals surface area (Å²) in [5.74, 6) is 0.888. The molecule has 1 amide bonds. The quantitative estimate of drug-likeness (QED) is 0.765. The van der Waals surface area contributed by atoms with Gasteiger partial charge in [-0.05, 0) is 30.4 Å². The first kappa shape index (κ1) is 11.0. The van der Waals surface area contributed by atoms with E-state index in [9.17, 15) is 4.79 Å². The van der Waals surface area contributed by atoms with Crippen molar-refractivity contribution in [3.8, 4) is 0 Å². The predicted octanol–water partition coefficient (Wildman–Crippen LogP) is 1.13. The zero-order valence-corrected chi connectivity index (χ0v) is 9.76. The zero-order chi connectivity index (χ0) is 11.5. The third-order valence-corrected chi connectivity index (χ3v) is 3.35. The van der Waals surface area contributed by atoms with Crippen molar-refractivity contribution in [1.82, 2.24) is 15.1 Å². The van der Waals surface area contributed by atoms with Crippen LogP contribution in [0.5, 0.6) is 0 Å². The van der Waals surface area contributed by atoms with E-state index in [-0.39, 0.29) is 11.8 Å². The van der Waals surface area contributed by atoms with Crippen molar-refractivity contribution in [2.24, 2.45) is 11.8 Å². The molecule has 0 bridgehead atoms. The van der Waals surface area contributed by atoms with Gasteiger partial charge in [-0.15, -0.1) is 0 Å². The molecule has 4 nitrogen and oxygen atoms in total. The molecule has 0 aliphatic carbocycles. The first-order chi connectivity index (χ1) is 7.72. The standard InChI is InChI=1S/C12H17N3O/c1-3-11-10(8-15(2)12(11)16)6-9-4-5-13-14-7-9/h4-5,7,10-11H,3,6,8H2,1-2H3. The fourth-order valence-electron chi connectivity index (χ4n) is 2.51. The maximum Gasteiger partial charge on any atom is 0.225 e. The highest BCUT2D eigenvalue weighted by atomic mass is 16.2. The van der Waals surface area contributed by atoms with Gasteiger partial charge in [0.25, 0.3) is 0 Å². The molecular weight excluding hydrogens is 202 g/mol. The van der Waals surface area contributed by atoms with Crippen molar-refractivity contribution in [3.05, 3.63) is 24.0 Å². The van der Waals surface area contributed by atoms with E-state index in [1.807, 2.05) is 18.0 Å². The third kappa shape index (κ3) is 2.05. The number of amides is 1. The number of aromatic nitrogens is 2. The highest BCUT2D eigenvalue weighted by molar-refractivity contribution is 5.81. The third-order valence-electron chi connectivity index (χ3n) is 3.35. The Kier molecular flexibility index (Phi) is 3.17. The van der Waals surface area contributed by atoms with Crippen LogP contribution in [0.15, 0.2) is 18.5 Å². The monoisotopic (exact) mass is 219 g/mol. The van der Waals surface area contributed by atoms with Gasteiger partial charge in [-0.25, -0.2) is 0 Å². The number of likely N-dealkylation sites (tertiary alicyclic amines) is 1. The van der Waals surface area contributed by atoms with Crippen LogP contribution in [0.3, 0.4) is 0 Å². The minimum atomic E-state index is 0.179. The van der Waals surface area contributed by atoms with E-state index in [4.69, 9.17) is 0 Å². The van der Waals surface area contributed by atoms with Gasteiger partial charge in [0, 0.05) is 25.7 Å². The van der Waals surface area contributed by atoms with Crippen molar-refractivity contribution < 1.29 is 4.79 Å². The Bertz CT molecular complexity index is 366. The van der Waals surface area contributed by atoms with Gasteiger partial charge in [0.15, 0.2) is 0 Å². The number of nitrogens with zero attached hydrogens (tertiary/aromatic N) is 3. The fourth-order valence-corrected chi connectivity index (χ4v) is 2.51. The number of carbonyl (C=O) groups is 1. The molecule has 1 aliphatic rings. The Hall–Kier alpha value is -1.45. The normalized spacial score (nSPS) is 25.1. The molecule has 2 rings (SSSR count). The smallest absolute Gasteiger partial charge is 0.225 e. The number of carbonyl (C=O) groups excluding carboxylic acids is 1. The summed E-state index contributed by atoms with van der Waals surface area (Å²) >= 11 is 0. The second-order valence-electron chi connectivity index (χ2n) is 4.45. The summed E-state index contributed by atoms with van der Waals surface area (Å²) in [6.07, 6.45) is 5.34. The van der Waals surface area contributed by atoms with Crippen LogP contribution in [0, 0.1) is 11.8 Å². The molecule has 0 saturated carbocycles. The number of hydrogen-bond acceptors (Lipinski definition) is 3. The van der Waals surface area contributed by atoms with E-state index >= 15 is 0 Å². The van der Waals surface area contributed by atoms with Crippen molar-refractivity contribution in [2.45, 2.75) is 19.8 Å². The summed E-state index contributed by atoms with van der Waals surface area (Å²) in [5.41, 5.74) is 1.17. The molecule has 1 aromatic heterocycles. The van der Waals surface area contributed by atoms with E-state index in [0.29, 0.717) is 5.92 Å². The van der Waals surface area contributed by atoms with E-state index < -0.39 is 0 Å². The Morgan fingerprint density at radius 3 is 2.94 bits per heavy atom. The van der Waals surface area contributed by atoms with Crippen LogP contribution in [0.4, 0.5) is 0 Å². The van der Waals surface area contributed by atoms with E-state index in [1.165, 1.54) is 5.56 Å². The van der Waals surface area contributed by atoms with Crippen LogP contribution < -0.4 is 0 Å². The second-order valence-corrected chi connectivity index (χ2v) is 4.45. The summed E-state index contributed by atoms with van der Waals surface area (Å²) in [5, 5.41) is 7.63. The number of rotatable bonds is 3. The van der Waals surface area contributed by atoms with Crippen LogP contribution in [0.25, 0.3) is 0 Å². The maximum atomic E-state index is 11.8. The summed E-state index contributed by atoms with van der Waals surface area (Å²) in [6.45, 7) is 2.94. The Labute approximate surface area is 95.7 Å². The lowest BCUT2D eigenvalue weighted by molar-refractivity contribution is -0.130. The minimum absolute atomic E-state index is 0.179. The van der Waals surface area contributed by atoms with Gasteiger partial charge in [-0.3, -0.25) is 4.79 Å². The van der Waals surface area contributed by atoms with Gasteiger partial charge in [0.1, 0.15) is 0 Å². The molecule has 0 radical (unpaired) electrons. The summed E-state index contributed by atoms with van der Waals surface area (Å²) in [4.78, 5) is 13.7. The lowest BCUT2D eigenvalue weighted by atomic mass is 9.88. The first-order valence-corrected chi connectivity index (χ1v) is 5.73. The molecule has 1 aromatic rings. The average molecular weight is 219 g/mol. The van der Waals surface area contributed by atoms with E-state index in [1.54, 1.807) is 12.4 Å². The van der Waals surface area contributed by atoms with Crippen LogP contribution in [-0.2, 0) is 11.2 Å². The molecule has 16 heavy (non-hydrogen) atoms. The van der Waals surface area contributed by atoms with Crippen LogP contribution in [0.2, 0.25) is 0 Å². The molecule has 2 heterocycles. The Morgan fingerprint density at radius 2 is 2.31 bits per heavy atom. The van der Waals surface area contributed by atoms with Crippen LogP contribution >= 0.6 is 0 Å². The second kappa shape index (κ2) is 4.60. The molecule has 0 aromatic carbocycles. The largest absolute Gasteiger partial charge is 0.345 e. The molecule has 4 heteroatoms. The molecule has 1 aliphatic heterocycles.